The maximum absolute atomic E-state index is 14.2. The van der Waals surface area contributed by atoms with Crippen molar-refractivity contribution in [2.24, 2.45) is 17.8 Å². The Morgan fingerprint density at radius 3 is 2.55 bits per heavy atom. The summed E-state index contributed by atoms with van der Waals surface area (Å²) < 4.78 is 49.5. The van der Waals surface area contributed by atoms with E-state index in [1.165, 1.54) is 30.5 Å². The summed E-state index contributed by atoms with van der Waals surface area (Å²) in [6.45, 7) is 0.704. The molecule has 6 rings (SSSR count). The van der Waals surface area contributed by atoms with Crippen LogP contribution in [0.15, 0.2) is 24.3 Å². The maximum atomic E-state index is 14.2. The summed E-state index contributed by atoms with van der Waals surface area (Å²) in [7, 11) is -8.13. The van der Waals surface area contributed by atoms with E-state index in [2.05, 4.69) is 5.32 Å². The summed E-state index contributed by atoms with van der Waals surface area (Å²) in [6, 6.07) is 4.07. The van der Waals surface area contributed by atoms with Gasteiger partial charge >= 0.3 is 7.60 Å². The Hall–Kier alpha value is -2.38. The third-order valence-electron chi connectivity index (χ3n) is 8.97. The summed E-state index contributed by atoms with van der Waals surface area (Å²) in [5, 5.41) is 3.34. The van der Waals surface area contributed by atoms with Gasteiger partial charge in [-0.15, -0.1) is 11.3 Å². The van der Waals surface area contributed by atoms with E-state index in [9.17, 15) is 41.5 Å². The number of carbonyl (C=O) groups excluding carboxylic acids is 3. The van der Waals surface area contributed by atoms with Gasteiger partial charge in [0.05, 0.1) is 10.6 Å². The number of rotatable bonds is 7. The van der Waals surface area contributed by atoms with Crippen molar-refractivity contribution in [2.45, 2.75) is 56.1 Å². The van der Waals surface area contributed by atoms with E-state index in [4.69, 9.17) is 0 Å². The van der Waals surface area contributed by atoms with Crippen LogP contribution in [0.1, 0.15) is 53.3 Å². The number of nitrogens with one attached hydrogen (secondary N) is 1. The fraction of sp³-hybridized carbons (Fsp3) is 0.593. The van der Waals surface area contributed by atoms with Gasteiger partial charge in [-0.05, 0) is 73.1 Å². The van der Waals surface area contributed by atoms with E-state index in [-0.39, 0.29) is 40.0 Å². The van der Waals surface area contributed by atoms with E-state index >= 15 is 0 Å². The number of hydrogen-bond acceptors (Lipinski definition) is 7. The van der Waals surface area contributed by atoms with Crippen molar-refractivity contribution < 1.29 is 41.5 Å². The zero-order chi connectivity index (χ0) is 30.1. The van der Waals surface area contributed by atoms with Crippen LogP contribution in [0.5, 0.6) is 0 Å². The first-order valence-corrected chi connectivity index (χ1v) is 18.6. The Morgan fingerprint density at radius 1 is 1.14 bits per heavy atom. The minimum Gasteiger partial charge on any atom is -0.340 e. The van der Waals surface area contributed by atoms with Gasteiger partial charge in [-0.1, -0.05) is 6.07 Å². The van der Waals surface area contributed by atoms with Crippen LogP contribution in [-0.2, 0) is 24.0 Å². The van der Waals surface area contributed by atoms with Crippen LogP contribution >= 0.6 is 18.9 Å². The van der Waals surface area contributed by atoms with Crippen LogP contribution in [0.4, 0.5) is 4.39 Å². The van der Waals surface area contributed by atoms with Crippen LogP contribution in [0.2, 0.25) is 0 Å². The normalized spacial score (nSPS) is 28.9. The van der Waals surface area contributed by atoms with Crippen LogP contribution < -0.4 is 5.32 Å². The predicted octanol–water partition coefficient (Wildman–Crippen LogP) is 2.44. The van der Waals surface area contributed by atoms with Crippen LogP contribution in [-0.4, -0.2) is 88.9 Å². The number of likely N-dealkylation sites (tertiary alicyclic amines) is 1. The quantitative estimate of drug-likeness (QED) is 0.389. The topological polar surface area (TPSA) is 161 Å². The fourth-order valence-corrected chi connectivity index (χ4v) is 9.43. The zero-order valence-electron chi connectivity index (χ0n) is 22.9. The van der Waals surface area contributed by atoms with Crippen LogP contribution in [0.25, 0.3) is 10.1 Å². The molecule has 3 aliphatic heterocycles. The van der Waals surface area contributed by atoms with E-state index in [0.717, 1.165) is 24.2 Å². The Kier molecular flexibility index (Phi) is 7.53. The summed E-state index contributed by atoms with van der Waals surface area (Å²) in [6.07, 6.45) is 4.69. The molecule has 1 aromatic carbocycles. The number of amides is 3. The highest BCUT2D eigenvalue weighted by atomic mass is 32.2. The highest BCUT2D eigenvalue weighted by Crippen LogP contribution is 2.53. The van der Waals surface area contributed by atoms with Crippen molar-refractivity contribution in [1.29, 1.82) is 0 Å². The van der Waals surface area contributed by atoms with Crippen LogP contribution in [0.3, 0.4) is 0 Å². The Bertz CT molecular complexity index is 1600. The second-order valence-electron chi connectivity index (χ2n) is 12.3. The number of nitrogens with zero attached hydrogens (tertiary/aromatic N) is 2. The molecule has 1 aliphatic carbocycles. The summed E-state index contributed by atoms with van der Waals surface area (Å²) in [4.78, 5) is 62.7. The number of alkyl halides is 1. The molecule has 1 aromatic heterocycles. The van der Waals surface area contributed by atoms with Gasteiger partial charge in [-0.25, -0.2) is 12.8 Å². The Labute approximate surface area is 246 Å². The highest BCUT2D eigenvalue weighted by Gasteiger charge is 2.52. The molecule has 42 heavy (non-hydrogen) atoms. The average molecular weight is 642 g/mol. The molecule has 11 nitrogen and oxygen atoms in total. The molecule has 0 spiro atoms. The largest absolute Gasteiger partial charge is 0.363 e. The molecular weight excluding hydrogens is 608 g/mol. The average Bonchev–Trinajstić information content (AvgIpc) is 3.26. The molecule has 1 unspecified atom stereocenters. The van der Waals surface area contributed by atoms with Crippen molar-refractivity contribution >= 4 is 56.6 Å². The highest BCUT2D eigenvalue weighted by molar-refractivity contribution is 7.90. The van der Waals surface area contributed by atoms with Crippen LogP contribution in [0, 0.1) is 17.8 Å². The molecule has 3 N–H and O–H groups in total. The fourth-order valence-electron chi connectivity index (χ4n) is 6.87. The second-order valence-corrected chi connectivity index (χ2v) is 17.2. The number of halogens is 1. The van der Waals surface area contributed by atoms with Gasteiger partial charge in [0.1, 0.15) is 21.9 Å². The van der Waals surface area contributed by atoms with Crippen molar-refractivity contribution in [3.05, 3.63) is 34.7 Å². The first kappa shape index (κ1) is 29.7. The lowest BCUT2D eigenvalue weighted by Gasteiger charge is -2.43. The third kappa shape index (κ3) is 5.88. The van der Waals surface area contributed by atoms with Gasteiger partial charge in [0.25, 0.3) is 5.91 Å². The lowest BCUT2D eigenvalue weighted by molar-refractivity contribution is -0.150. The lowest BCUT2D eigenvalue weighted by atomic mass is 9.98. The zero-order valence-corrected chi connectivity index (χ0v) is 25.4. The first-order valence-electron chi connectivity index (χ1n) is 14.0. The third-order valence-corrected chi connectivity index (χ3v) is 12.1. The molecule has 228 valence electrons. The lowest BCUT2D eigenvalue weighted by Crippen LogP contribution is -2.60. The number of fused-ring (bicyclic) bond motifs is 3. The molecular formula is C27H33FN3O8PS2. The van der Waals surface area contributed by atoms with Crippen molar-refractivity contribution in [3.63, 3.8) is 0 Å². The van der Waals surface area contributed by atoms with E-state index < -0.39 is 41.3 Å². The maximum Gasteiger partial charge on any atom is 0.363 e. The van der Waals surface area contributed by atoms with E-state index in [1.807, 2.05) is 0 Å². The summed E-state index contributed by atoms with van der Waals surface area (Å²) in [5.41, 5.74) is -0.184. The van der Waals surface area contributed by atoms with Crippen molar-refractivity contribution in [2.75, 3.05) is 25.1 Å². The number of carbonyl (C=O) groups is 3. The molecule has 4 aliphatic rings. The number of sulfone groups is 1. The molecule has 6 atom stereocenters. The molecule has 0 radical (unpaired) electrons. The van der Waals surface area contributed by atoms with E-state index in [1.54, 1.807) is 9.80 Å². The molecule has 4 fully saturated rings. The van der Waals surface area contributed by atoms with Gasteiger partial charge in [-0.2, -0.15) is 0 Å². The van der Waals surface area contributed by atoms with Crippen molar-refractivity contribution in [1.82, 2.24) is 15.1 Å². The molecule has 15 heteroatoms. The second kappa shape index (κ2) is 10.7. The predicted molar refractivity (Wildman–Crippen MR) is 153 cm³/mol. The van der Waals surface area contributed by atoms with E-state index in [0.29, 0.717) is 54.3 Å². The van der Waals surface area contributed by atoms with Gasteiger partial charge < -0.3 is 24.9 Å². The molecule has 1 saturated carbocycles. The van der Waals surface area contributed by atoms with Gasteiger partial charge in [0, 0.05) is 36.0 Å². The SMILES string of the molecule is CS(=O)(=O)CC1CN(C(=O)[C@@H]2CC[C@@H]3C[C@H]4C[C@H]4C[C@H](NC(=O)c4cc5cc(C(F)P(=O)(O)O)ccc5s4)C(=O)N32)C1. The van der Waals surface area contributed by atoms with Crippen molar-refractivity contribution in [3.8, 4) is 0 Å². The molecule has 0 bridgehead atoms. The Balaban J connectivity index is 1.18. The monoisotopic (exact) mass is 641 g/mol. The minimum absolute atomic E-state index is 0.0287. The number of benzene rings is 1. The standard InChI is InChI=1S/C27H33FN3O8PS2/c1-42(38,39)13-14-11-30(12-14)27(34)21-4-3-19-8-16-7-17(16)9-20(26(33)31(19)21)29-25(32)23-10-18-6-15(2-5-22(18)41-23)24(28)40(35,36)37/h2,5-6,10,14,16-17,19-21,24H,3-4,7-9,11-13H2,1H3,(H,29,32)(H2,35,36,37)/t16-,17+,19-,20+,21+,24?/m1/s1. The molecule has 4 heterocycles. The number of thiophene rings is 1. The minimum atomic E-state index is -4.98. The smallest absolute Gasteiger partial charge is 0.340 e. The van der Waals surface area contributed by atoms with Gasteiger partial charge in [0.15, 0.2) is 0 Å². The van der Waals surface area contributed by atoms with Gasteiger partial charge in [-0.3, -0.25) is 18.9 Å². The Morgan fingerprint density at radius 2 is 1.86 bits per heavy atom. The number of hydrogen-bond donors (Lipinski definition) is 3. The summed E-state index contributed by atoms with van der Waals surface area (Å²) >= 11 is 1.13. The molecule has 3 saturated heterocycles. The summed E-state index contributed by atoms with van der Waals surface area (Å²) in [5.74, 6) is -2.72. The van der Waals surface area contributed by atoms with Gasteiger partial charge in [0.2, 0.25) is 17.7 Å². The molecule has 2 aromatic rings. The first-order chi connectivity index (χ1) is 19.7. The molecule has 3 amide bonds.